The van der Waals surface area contributed by atoms with Crippen molar-refractivity contribution < 1.29 is 18.0 Å². The summed E-state index contributed by atoms with van der Waals surface area (Å²) in [6.07, 6.45) is 2.42. The highest BCUT2D eigenvalue weighted by Crippen LogP contribution is 2.29. The number of nitrogens with two attached hydrogens (primary N) is 1. The molecule has 1 amide bonds. The fourth-order valence-electron chi connectivity index (χ4n) is 0.848. The molecule has 16 heavy (non-hydrogen) atoms. The third-order valence-corrected chi connectivity index (χ3v) is 3.02. The third kappa shape index (κ3) is 9.17. The summed E-state index contributed by atoms with van der Waals surface area (Å²) >= 11 is 1.41. The lowest BCUT2D eigenvalue weighted by Crippen LogP contribution is -2.41. The topological polar surface area (TPSA) is 55.1 Å². The van der Waals surface area contributed by atoms with Crippen LogP contribution in [0.5, 0.6) is 0 Å². The number of thioether (sulfide) groups is 2. The molecule has 3 N–H and O–H groups in total. The van der Waals surface area contributed by atoms with Gasteiger partial charge in [0.1, 0.15) is 0 Å². The minimum atomic E-state index is -4.24. The van der Waals surface area contributed by atoms with Crippen molar-refractivity contribution in [1.82, 2.24) is 5.32 Å². The first-order chi connectivity index (χ1) is 7.37. The SMILES string of the molecule is CSCC[C@@H](N)C(=O)NCCSC(F)(F)F. The highest BCUT2D eigenvalue weighted by Gasteiger charge is 2.27. The summed E-state index contributed by atoms with van der Waals surface area (Å²) in [6.45, 7) is -0.0179. The molecule has 0 aliphatic rings. The molecule has 0 aliphatic heterocycles. The summed E-state index contributed by atoms with van der Waals surface area (Å²) in [5, 5.41) is 2.37. The molecule has 0 saturated carbocycles. The van der Waals surface area contributed by atoms with E-state index in [1.54, 1.807) is 11.8 Å². The van der Waals surface area contributed by atoms with Crippen LogP contribution >= 0.6 is 23.5 Å². The molecule has 3 nitrogen and oxygen atoms in total. The van der Waals surface area contributed by atoms with Crippen molar-refractivity contribution >= 4 is 29.4 Å². The summed E-state index contributed by atoms with van der Waals surface area (Å²) in [7, 11) is 0. The number of hydrogen-bond acceptors (Lipinski definition) is 4. The molecule has 0 aliphatic carbocycles. The van der Waals surface area contributed by atoms with E-state index >= 15 is 0 Å². The molecule has 96 valence electrons. The second-order valence-electron chi connectivity index (χ2n) is 2.97. The molecule has 0 bridgehead atoms. The average Bonchev–Trinajstić information content (AvgIpc) is 2.19. The molecule has 0 aromatic rings. The largest absolute Gasteiger partial charge is 0.441 e. The van der Waals surface area contributed by atoms with Crippen molar-refractivity contribution in [3.05, 3.63) is 0 Å². The Morgan fingerprint density at radius 2 is 2.06 bits per heavy atom. The Morgan fingerprint density at radius 1 is 1.44 bits per heavy atom. The minimum Gasteiger partial charge on any atom is -0.354 e. The van der Waals surface area contributed by atoms with Crippen LogP contribution < -0.4 is 11.1 Å². The molecule has 0 rings (SSSR count). The lowest BCUT2D eigenvalue weighted by Gasteiger charge is -2.11. The highest BCUT2D eigenvalue weighted by atomic mass is 32.2. The average molecular weight is 276 g/mol. The number of nitrogens with one attached hydrogen (secondary N) is 1. The number of hydrogen-bond donors (Lipinski definition) is 2. The first-order valence-electron chi connectivity index (χ1n) is 4.59. The zero-order chi connectivity index (χ0) is 12.6. The van der Waals surface area contributed by atoms with E-state index in [4.69, 9.17) is 5.73 Å². The zero-order valence-electron chi connectivity index (χ0n) is 8.84. The van der Waals surface area contributed by atoms with Crippen LogP contribution in [0.1, 0.15) is 6.42 Å². The van der Waals surface area contributed by atoms with Gasteiger partial charge in [0.15, 0.2) is 0 Å². The summed E-state index contributed by atoms with van der Waals surface area (Å²) < 4.78 is 35.2. The normalized spacial score (nSPS) is 13.6. The Bertz CT molecular complexity index is 214. The Hall–Kier alpha value is -0.0800. The quantitative estimate of drug-likeness (QED) is 0.691. The van der Waals surface area contributed by atoms with Gasteiger partial charge >= 0.3 is 5.51 Å². The summed E-state index contributed by atoms with van der Waals surface area (Å²) in [6, 6.07) is -0.636. The van der Waals surface area contributed by atoms with Gasteiger partial charge in [-0.05, 0) is 30.2 Å². The second kappa shape index (κ2) is 8.08. The van der Waals surface area contributed by atoms with Crippen LogP contribution in [0.4, 0.5) is 13.2 Å². The van der Waals surface area contributed by atoms with E-state index in [1.807, 2.05) is 6.26 Å². The highest BCUT2D eigenvalue weighted by molar-refractivity contribution is 8.00. The third-order valence-electron chi connectivity index (χ3n) is 1.64. The molecule has 0 aromatic carbocycles. The Labute approximate surface area is 101 Å². The molecule has 0 saturated heterocycles. The fourth-order valence-corrected chi connectivity index (χ4v) is 1.77. The molecule has 0 spiro atoms. The van der Waals surface area contributed by atoms with Crippen LogP contribution in [0.25, 0.3) is 0 Å². The molecular formula is C8H15F3N2OS2. The van der Waals surface area contributed by atoms with E-state index in [2.05, 4.69) is 5.32 Å². The van der Waals surface area contributed by atoms with Gasteiger partial charge in [-0.3, -0.25) is 4.79 Å². The lowest BCUT2D eigenvalue weighted by molar-refractivity contribution is -0.122. The Kier molecular flexibility index (Phi) is 8.04. The smallest absolute Gasteiger partial charge is 0.354 e. The first kappa shape index (κ1) is 15.9. The zero-order valence-corrected chi connectivity index (χ0v) is 10.5. The molecule has 0 fully saturated rings. The van der Waals surface area contributed by atoms with Gasteiger partial charge in [-0.2, -0.15) is 24.9 Å². The lowest BCUT2D eigenvalue weighted by atomic mass is 10.2. The number of alkyl halides is 3. The van der Waals surface area contributed by atoms with Crippen molar-refractivity contribution in [1.29, 1.82) is 0 Å². The van der Waals surface area contributed by atoms with Crippen molar-refractivity contribution in [3.63, 3.8) is 0 Å². The molecule has 0 unspecified atom stereocenters. The number of rotatable bonds is 7. The standard InChI is InChI=1S/C8H15F3N2OS2/c1-15-4-2-6(12)7(14)13-3-5-16-8(9,10)11/h6H,2-5,12H2,1H3,(H,13,14)/t6-/m1/s1. The van der Waals surface area contributed by atoms with Crippen LogP contribution in [0, 0.1) is 0 Å². The van der Waals surface area contributed by atoms with Gasteiger partial charge in [0.2, 0.25) is 5.91 Å². The van der Waals surface area contributed by atoms with Crippen LogP contribution in [-0.4, -0.2) is 41.8 Å². The predicted octanol–water partition coefficient (Wildman–Crippen LogP) is 1.44. The van der Waals surface area contributed by atoms with E-state index in [9.17, 15) is 18.0 Å². The van der Waals surface area contributed by atoms with Gasteiger partial charge < -0.3 is 11.1 Å². The first-order valence-corrected chi connectivity index (χ1v) is 6.97. The minimum absolute atomic E-state index is 0.0179. The Morgan fingerprint density at radius 3 is 2.56 bits per heavy atom. The monoisotopic (exact) mass is 276 g/mol. The van der Waals surface area contributed by atoms with Gasteiger partial charge in [-0.25, -0.2) is 0 Å². The van der Waals surface area contributed by atoms with E-state index < -0.39 is 17.5 Å². The molecule has 0 heterocycles. The Balaban J connectivity index is 3.57. The number of carbonyl (C=O) groups is 1. The van der Waals surface area contributed by atoms with Crippen LogP contribution in [0.15, 0.2) is 0 Å². The number of carbonyl (C=O) groups excluding carboxylic acids is 1. The van der Waals surface area contributed by atoms with Crippen molar-refractivity contribution in [3.8, 4) is 0 Å². The van der Waals surface area contributed by atoms with Gasteiger partial charge in [-0.15, -0.1) is 0 Å². The van der Waals surface area contributed by atoms with Crippen LogP contribution in [0.2, 0.25) is 0 Å². The summed E-state index contributed by atoms with van der Waals surface area (Å²) in [5.41, 5.74) is 1.27. The molecular weight excluding hydrogens is 261 g/mol. The molecule has 0 radical (unpaired) electrons. The predicted molar refractivity (Wildman–Crippen MR) is 62.5 cm³/mol. The maximum Gasteiger partial charge on any atom is 0.441 e. The van der Waals surface area contributed by atoms with Crippen molar-refractivity contribution in [2.75, 3.05) is 24.3 Å². The van der Waals surface area contributed by atoms with E-state index in [1.165, 1.54) is 0 Å². The van der Waals surface area contributed by atoms with Crippen molar-refractivity contribution in [2.45, 2.75) is 18.0 Å². The number of halogens is 3. The maximum absolute atomic E-state index is 11.7. The maximum atomic E-state index is 11.7. The van der Waals surface area contributed by atoms with Gasteiger partial charge in [0, 0.05) is 12.3 Å². The van der Waals surface area contributed by atoms with Crippen LogP contribution in [-0.2, 0) is 4.79 Å². The van der Waals surface area contributed by atoms with E-state index in [0.29, 0.717) is 6.42 Å². The number of amides is 1. The van der Waals surface area contributed by atoms with Gasteiger partial charge in [0.25, 0.3) is 0 Å². The summed E-state index contributed by atoms with van der Waals surface area (Å²) in [4.78, 5) is 11.2. The summed E-state index contributed by atoms with van der Waals surface area (Å²) in [5.74, 6) is 0.174. The van der Waals surface area contributed by atoms with E-state index in [-0.39, 0.29) is 24.1 Å². The second-order valence-corrected chi connectivity index (χ2v) is 5.12. The fraction of sp³-hybridized carbons (Fsp3) is 0.875. The molecule has 8 heteroatoms. The van der Waals surface area contributed by atoms with Crippen molar-refractivity contribution in [2.24, 2.45) is 5.73 Å². The van der Waals surface area contributed by atoms with Gasteiger partial charge in [-0.1, -0.05) is 0 Å². The van der Waals surface area contributed by atoms with Crippen LogP contribution in [0.3, 0.4) is 0 Å². The molecule has 1 atom stereocenters. The van der Waals surface area contributed by atoms with Gasteiger partial charge in [0.05, 0.1) is 6.04 Å². The molecule has 0 aromatic heterocycles. The van der Waals surface area contributed by atoms with E-state index in [0.717, 1.165) is 5.75 Å².